The zero-order chi connectivity index (χ0) is 14.7. The first-order chi connectivity index (χ1) is 10.2. The maximum atomic E-state index is 11.1. The molecule has 0 aromatic heterocycles. The maximum absolute atomic E-state index is 11.1. The normalized spacial score (nSPS) is 25.0. The number of hydrogen-bond donors (Lipinski definition) is 1. The molecule has 3 rings (SSSR count). The van der Waals surface area contributed by atoms with Gasteiger partial charge in [0.15, 0.2) is 0 Å². The average Bonchev–Trinajstić information content (AvgIpc) is 2.83. The minimum Gasteiger partial charge on any atom is -0.493 e. The maximum Gasteiger partial charge on any atom is 0.339 e. The van der Waals surface area contributed by atoms with Crippen LogP contribution in [0.1, 0.15) is 29.6 Å². The average molecular weight is 291 g/mol. The Hall–Kier alpha value is -1.59. The Labute approximate surface area is 124 Å². The number of nitrogens with zero attached hydrogens (tertiary/aromatic N) is 1. The fourth-order valence-corrected chi connectivity index (χ4v) is 3.12. The van der Waals surface area contributed by atoms with Crippen LogP contribution in [-0.2, 0) is 4.74 Å². The zero-order valence-electron chi connectivity index (χ0n) is 12.0. The highest BCUT2D eigenvalue weighted by Crippen LogP contribution is 2.26. The van der Waals surface area contributed by atoms with Crippen molar-refractivity contribution in [1.29, 1.82) is 0 Å². The van der Waals surface area contributed by atoms with Crippen LogP contribution in [0.3, 0.4) is 0 Å². The number of ether oxygens (including phenoxy) is 2. The lowest BCUT2D eigenvalue weighted by atomic mass is 10.2. The number of rotatable bonds is 6. The molecule has 0 saturated carbocycles. The molecule has 21 heavy (non-hydrogen) atoms. The number of para-hydroxylation sites is 1. The Kier molecular flexibility index (Phi) is 4.41. The molecule has 2 heterocycles. The van der Waals surface area contributed by atoms with Gasteiger partial charge >= 0.3 is 5.97 Å². The van der Waals surface area contributed by atoms with Crippen LogP contribution < -0.4 is 4.74 Å². The summed E-state index contributed by atoms with van der Waals surface area (Å²) < 4.78 is 11.4. The highest BCUT2D eigenvalue weighted by Gasteiger charge is 2.33. The highest BCUT2D eigenvalue weighted by molar-refractivity contribution is 5.90. The predicted molar refractivity (Wildman–Crippen MR) is 77.8 cm³/mol. The molecule has 0 aliphatic carbocycles. The summed E-state index contributed by atoms with van der Waals surface area (Å²) in [5.41, 5.74) is 0.224. The molecule has 1 aromatic rings. The summed E-state index contributed by atoms with van der Waals surface area (Å²) in [6, 6.07) is 6.77. The number of carboxylic acids is 1. The molecule has 0 spiro atoms. The van der Waals surface area contributed by atoms with E-state index in [0.717, 1.165) is 26.1 Å². The number of morpholine rings is 1. The first-order valence-corrected chi connectivity index (χ1v) is 7.55. The van der Waals surface area contributed by atoms with E-state index in [2.05, 4.69) is 4.90 Å². The lowest BCUT2D eigenvalue weighted by molar-refractivity contribution is -0.0391. The Morgan fingerprint density at radius 2 is 2.00 bits per heavy atom. The van der Waals surface area contributed by atoms with Crippen molar-refractivity contribution in [3.8, 4) is 5.75 Å². The summed E-state index contributed by atoms with van der Waals surface area (Å²) in [4.78, 5) is 13.5. The zero-order valence-corrected chi connectivity index (χ0v) is 12.0. The van der Waals surface area contributed by atoms with Gasteiger partial charge < -0.3 is 14.6 Å². The van der Waals surface area contributed by atoms with Gasteiger partial charge in [-0.1, -0.05) is 12.1 Å². The third-order valence-electron chi connectivity index (χ3n) is 4.11. The van der Waals surface area contributed by atoms with E-state index in [1.54, 1.807) is 24.3 Å². The van der Waals surface area contributed by atoms with Crippen LogP contribution in [0, 0.1) is 0 Å². The lowest BCUT2D eigenvalue weighted by Crippen LogP contribution is -2.43. The number of carbonyl (C=O) groups is 1. The topological polar surface area (TPSA) is 59.0 Å². The molecule has 114 valence electrons. The van der Waals surface area contributed by atoms with Crippen LogP contribution in [0.25, 0.3) is 0 Å². The minimum absolute atomic E-state index is 0.224. The standard InChI is InChI=1S/C16H21NO4/c18-16(19)14-4-1-2-5-15(14)20-9-3-8-17-10-12-6-7-13(11-17)21-12/h1-2,4-5,12-13H,3,6-11H2,(H,18,19). The molecule has 5 heteroatoms. The van der Waals surface area contributed by atoms with Gasteiger partial charge in [0.05, 0.1) is 18.8 Å². The van der Waals surface area contributed by atoms with Crippen LogP contribution >= 0.6 is 0 Å². The van der Waals surface area contributed by atoms with Crippen molar-refractivity contribution in [2.75, 3.05) is 26.2 Å². The smallest absolute Gasteiger partial charge is 0.339 e. The predicted octanol–water partition coefficient (Wildman–Crippen LogP) is 2.02. The first-order valence-electron chi connectivity index (χ1n) is 7.55. The molecule has 2 atom stereocenters. The lowest BCUT2D eigenvalue weighted by Gasteiger charge is -2.31. The van der Waals surface area contributed by atoms with Crippen molar-refractivity contribution in [1.82, 2.24) is 4.90 Å². The van der Waals surface area contributed by atoms with Crippen LogP contribution in [0.15, 0.2) is 24.3 Å². The molecule has 0 radical (unpaired) electrons. The molecule has 1 N–H and O–H groups in total. The largest absolute Gasteiger partial charge is 0.493 e. The Morgan fingerprint density at radius 1 is 1.29 bits per heavy atom. The Bertz CT molecular complexity index is 493. The van der Waals surface area contributed by atoms with E-state index in [-0.39, 0.29) is 5.56 Å². The quantitative estimate of drug-likeness (QED) is 0.813. The third-order valence-corrected chi connectivity index (χ3v) is 4.11. The summed E-state index contributed by atoms with van der Waals surface area (Å²) in [6.45, 7) is 3.55. The van der Waals surface area contributed by atoms with E-state index in [1.165, 1.54) is 12.8 Å². The summed E-state index contributed by atoms with van der Waals surface area (Å²) in [6.07, 6.45) is 4.09. The molecule has 2 aliphatic rings. The number of aromatic carboxylic acids is 1. The van der Waals surface area contributed by atoms with Crippen molar-refractivity contribution in [3.63, 3.8) is 0 Å². The van der Waals surface area contributed by atoms with Gasteiger partial charge in [-0.15, -0.1) is 0 Å². The molecule has 0 amide bonds. The van der Waals surface area contributed by atoms with Gasteiger partial charge in [-0.3, -0.25) is 4.90 Å². The number of carboxylic acid groups (broad SMARTS) is 1. The number of hydrogen-bond acceptors (Lipinski definition) is 4. The molecule has 5 nitrogen and oxygen atoms in total. The van der Waals surface area contributed by atoms with Gasteiger partial charge in [-0.2, -0.15) is 0 Å². The van der Waals surface area contributed by atoms with Crippen LogP contribution in [0.5, 0.6) is 5.75 Å². The molecule has 2 bridgehead atoms. The summed E-state index contributed by atoms with van der Waals surface area (Å²) in [7, 11) is 0. The Morgan fingerprint density at radius 3 is 2.71 bits per heavy atom. The second-order valence-corrected chi connectivity index (χ2v) is 5.72. The minimum atomic E-state index is -0.949. The molecule has 2 saturated heterocycles. The van der Waals surface area contributed by atoms with E-state index in [0.29, 0.717) is 24.6 Å². The van der Waals surface area contributed by atoms with Gasteiger partial charge in [0, 0.05) is 19.6 Å². The second kappa shape index (κ2) is 6.45. The fraction of sp³-hybridized carbons (Fsp3) is 0.562. The van der Waals surface area contributed by atoms with E-state index in [1.807, 2.05) is 0 Å². The van der Waals surface area contributed by atoms with Crippen molar-refractivity contribution < 1.29 is 19.4 Å². The third kappa shape index (κ3) is 3.54. The van der Waals surface area contributed by atoms with Crippen molar-refractivity contribution in [2.24, 2.45) is 0 Å². The van der Waals surface area contributed by atoms with E-state index in [4.69, 9.17) is 14.6 Å². The summed E-state index contributed by atoms with van der Waals surface area (Å²) >= 11 is 0. The van der Waals surface area contributed by atoms with Crippen molar-refractivity contribution in [3.05, 3.63) is 29.8 Å². The van der Waals surface area contributed by atoms with Gasteiger partial charge in [0.1, 0.15) is 11.3 Å². The SMILES string of the molecule is O=C(O)c1ccccc1OCCCN1CC2CCC(C1)O2. The molecule has 2 unspecified atom stereocenters. The van der Waals surface area contributed by atoms with E-state index < -0.39 is 5.97 Å². The van der Waals surface area contributed by atoms with Gasteiger partial charge in [-0.25, -0.2) is 4.79 Å². The van der Waals surface area contributed by atoms with Crippen LogP contribution in [-0.4, -0.2) is 54.4 Å². The van der Waals surface area contributed by atoms with Gasteiger partial charge in [-0.05, 0) is 31.4 Å². The van der Waals surface area contributed by atoms with Crippen LogP contribution in [0.4, 0.5) is 0 Å². The number of likely N-dealkylation sites (tertiary alicyclic amines) is 1. The van der Waals surface area contributed by atoms with Crippen molar-refractivity contribution in [2.45, 2.75) is 31.5 Å². The fourth-order valence-electron chi connectivity index (χ4n) is 3.12. The van der Waals surface area contributed by atoms with E-state index >= 15 is 0 Å². The molecule has 2 fully saturated rings. The monoisotopic (exact) mass is 291 g/mol. The molecular formula is C16H21NO4. The van der Waals surface area contributed by atoms with Gasteiger partial charge in [0.2, 0.25) is 0 Å². The number of fused-ring (bicyclic) bond motifs is 2. The van der Waals surface area contributed by atoms with E-state index in [9.17, 15) is 4.79 Å². The molecule has 1 aromatic carbocycles. The molecule has 2 aliphatic heterocycles. The summed E-state index contributed by atoms with van der Waals surface area (Å²) in [5, 5.41) is 9.09. The molecular weight excluding hydrogens is 270 g/mol. The number of benzene rings is 1. The van der Waals surface area contributed by atoms with Crippen molar-refractivity contribution >= 4 is 5.97 Å². The van der Waals surface area contributed by atoms with Crippen LogP contribution in [0.2, 0.25) is 0 Å². The first kappa shape index (κ1) is 14.4. The second-order valence-electron chi connectivity index (χ2n) is 5.72. The highest BCUT2D eigenvalue weighted by atomic mass is 16.5. The summed E-state index contributed by atoms with van der Waals surface area (Å²) in [5.74, 6) is -0.498. The Balaban J connectivity index is 1.43. The van der Waals surface area contributed by atoms with Gasteiger partial charge in [0.25, 0.3) is 0 Å².